The summed E-state index contributed by atoms with van der Waals surface area (Å²) in [6.45, 7) is 8.61. The van der Waals surface area contributed by atoms with Crippen molar-refractivity contribution >= 4 is 11.7 Å². The molecular formula is C28H32N4O4. The maximum absolute atomic E-state index is 11.3. The fraction of sp³-hybridized carbons (Fsp3) is 0.357. The normalized spacial score (nSPS) is 16.3. The fourth-order valence-electron chi connectivity index (χ4n) is 4.57. The van der Waals surface area contributed by atoms with Crippen molar-refractivity contribution in [2.75, 3.05) is 13.1 Å². The lowest BCUT2D eigenvalue weighted by atomic mass is 9.99. The second-order valence-electron chi connectivity index (χ2n) is 9.26. The van der Waals surface area contributed by atoms with Crippen molar-refractivity contribution < 1.29 is 19.8 Å². The van der Waals surface area contributed by atoms with E-state index in [4.69, 9.17) is 4.84 Å². The molecule has 2 N–H and O–H groups in total. The zero-order chi connectivity index (χ0) is 25.7. The largest absolute Gasteiger partial charge is 0.492 e. The number of hydrogen-bond donors (Lipinski definition) is 2. The molecule has 0 aliphatic carbocycles. The highest BCUT2D eigenvalue weighted by Crippen LogP contribution is 2.24. The van der Waals surface area contributed by atoms with Crippen LogP contribution >= 0.6 is 0 Å². The number of nitrogens with zero attached hydrogens (tertiary/aromatic N) is 4. The van der Waals surface area contributed by atoms with E-state index in [9.17, 15) is 15.0 Å². The first-order valence-electron chi connectivity index (χ1n) is 12.2. The molecule has 0 saturated carbocycles. The molecule has 2 aromatic carbocycles. The Labute approximate surface area is 211 Å². The zero-order valence-electron chi connectivity index (χ0n) is 20.9. The molecule has 3 aromatic rings. The molecule has 1 aliphatic heterocycles. The van der Waals surface area contributed by atoms with Crippen LogP contribution in [0.25, 0.3) is 11.3 Å². The number of oxime groups is 1. The number of aliphatic carboxylic acids is 1. The van der Waals surface area contributed by atoms with Gasteiger partial charge in [-0.15, -0.1) is 0 Å². The first-order valence-corrected chi connectivity index (χ1v) is 12.2. The van der Waals surface area contributed by atoms with Crippen LogP contribution in [0.2, 0.25) is 0 Å². The number of aromatic hydroxyl groups is 1. The van der Waals surface area contributed by atoms with Crippen LogP contribution in [0, 0.1) is 12.8 Å². The van der Waals surface area contributed by atoms with Gasteiger partial charge in [-0.2, -0.15) is 0 Å². The molecule has 2 heterocycles. The Morgan fingerprint density at radius 1 is 1.17 bits per heavy atom. The van der Waals surface area contributed by atoms with Gasteiger partial charge in [0, 0.05) is 18.7 Å². The summed E-state index contributed by atoms with van der Waals surface area (Å²) >= 11 is 0. The standard InChI is InChI=1S/C28H32N4O4/c1-4-21-12-22(6-7-23(21)15-32-10-9-24(16-32)28(34)35)19(3)31-36-17-20-5-8-25(18(2)11-20)26-13-30-27(33)14-29-26/h5-8,11-14,24H,4,9-10,15-17H2,1-3H3,(H,30,33)(H,34,35)/b31-19+/t24-/m0/s1. The van der Waals surface area contributed by atoms with E-state index in [1.165, 1.54) is 17.3 Å². The van der Waals surface area contributed by atoms with Crippen LogP contribution in [0.5, 0.6) is 5.88 Å². The third-order valence-electron chi connectivity index (χ3n) is 6.66. The zero-order valence-corrected chi connectivity index (χ0v) is 20.9. The first kappa shape index (κ1) is 25.3. The number of carboxylic acids is 1. The van der Waals surface area contributed by atoms with E-state index in [0.29, 0.717) is 25.3 Å². The van der Waals surface area contributed by atoms with Crippen molar-refractivity contribution in [2.45, 2.75) is 46.8 Å². The fourth-order valence-corrected chi connectivity index (χ4v) is 4.57. The predicted molar refractivity (Wildman–Crippen MR) is 138 cm³/mol. The highest BCUT2D eigenvalue weighted by Gasteiger charge is 2.28. The molecule has 0 spiro atoms. The number of benzene rings is 2. The van der Waals surface area contributed by atoms with Gasteiger partial charge in [-0.25, -0.2) is 9.97 Å². The van der Waals surface area contributed by atoms with E-state index in [-0.39, 0.29) is 11.8 Å². The van der Waals surface area contributed by atoms with Crippen molar-refractivity contribution in [2.24, 2.45) is 11.1 Å². The molecule has 1 atom stereocenters. The van der Waals surface area contributed by atoms with Crippen LogP contribution in [0.4, 0.5) is 0 Å². The van der Waals surface area contributed by atoms with Gasteiger partial charge in [0.2, 0.25) is 5.88 Å². The third kappa shape index (κ3) is 6.07. The highest BCUT2D eigenvalue weighted by atomic mass is 16.6. The monoisotopic (exact) mass is 488 g/mol. The number of rotatable bonds is 9. The van der Waals surface area contributed by atoms with E-state index in [0.717, 1.165) is 47.5 Å². The quantitative estimate of drug-likeness (QED) is 0.336. The van der Waals surface area contributed by atoms with Crippen LogP contribution in [-0.4, -0.2) is 49.9 Å². The van der Waals surface area contributed by atoms with Gasteiger partial charge in [0.15, 0.2) is 0 Å². The second-order valence-corrected chi connectivity index (χ2v) is 9.26. The van der Waals surface area contributed by atoms with Crippen LogP contribution in [0.3, 0.4) is 0 Å². The Kier molecular flexibility index (Phi) is 7.95. The lowest BCUT2D eigenvalue weighted by Crippen LogP contribution is -2.23. The van der Waals surface area contributed by atoms with Gasteiger partial charge < -0.3 is 15.1 Å². The summed E-state index contributed by atoms with van der Waals surface area (Å²) in [6.07, 6.45) is 4.49. The van der Waals surface area contributed by atoms with Gasteiger partial charge in [-0.05, 0) is 67.1 Å². The number of hydrogen-bond acceptors (Lipinski definition) is 7. The molecule has 0 unspecified atom stereocenters. The van der Waals surface area contributed by atoms with Crippen molar-refractivity contribution in [3.63, 3.8) is 0 Å². The van der Waals surface area contributed by atoms with Crippen molar-refractivity contribution in [3.05, 3.63) is 76.6 Å². The third-order valence-corrected chi connectivity index (χ3v) is 6.66. The summed E-state index contributed by atoms with van der Waals surface area (Å²) in [5.41, 5.74) is 7.97. The molecule has 4 rings (SSSR count). The van der Waals surface area contributed by atoms with Gasteiger partial charge in [-0.1, -0.05) is 42.4 Å². The average molecular weight is 489 g/mol. The smallest absolute Gasteiger partial charge is 0.307 e. The van der Waals surface area contributed by atoms with Crippen LogP contribution in [-0.2, 0) is 29.2 Å². The maximum Gasteiger partial charge on any atom is 0.307 e. The van der Waals surface area contributed by atoms with Crippen LogP contribution in [0.1, 0.15) is 48.1 Å². The Hall–Kier alpha value is -3.78. The Morgan fingerprint density at radius 3 is 2.67 bits per heavy atom. The minimum atomic E-state index is -0.701. The predicted octanol–water partition coefficient (Wildman–Crippen LogP) is 4.57. The molecule has 0 radical (unpaired) electrons. The van der Waals surface area contributed by atoms with Gasteiger partial charge in [-0.3, -0.25) is 9.69 Å². The molecule has 0 bridgehead atoms. The molecule has 0 amide bonds. The lowest BCUT2D eigenvalue weighted by molar-refractivity contribution is -0.141. The number of aryl methyl sites for hydroxylation is 2. The van der Waals surface area contributed by atoms with Gasteiger partial charge >= 0.3 is 5.97 Å². The number of likely N-dealkylation sites (tertiary alicyclic amines) is 1. The minimum Gasteiger partial charge on any atom is -0.492 e. The molecule has 8 heteroatoms. The van der Waals surface area contributed by atoms with Crippen molar-refractivity contribution in [1.29, 1.82) is 0 Å². The van der Waals surface area contributed by atoms with Crippen LogP contribution in [0.15, 0.2) is 53.9 Å². The highest BCUT2D eigenvalue weighted by molar-refractivity contribution is 5.98. The van der Waals surface area contributed by atoms with Crippen molar-refractivity contribution in [1.82, 2.24) is 14.9 Å². The molecule has 1 aromatic heterocycles. The molecule has 1 fully saturated rings. The van der Waals surface area contributed by atoms with Crippen LogP contribution < -0.4 is 0 Å². The topological polar surface area (TPSA) is 108 Å². The van der Waals surface area contributed by atoms with E-state index in [2.05, 4.69) is 45.1 Å². The second kappa shape index (κ2) is 11.3. The SMILES string of the molecule is CCc1cc(/C(C)=N/OCc2ccc(-c3cnc(O)cn3)c(C)c2)ccc1CN1CC[C@H](C(=O)O)C1. The number of carboxylic acid groups (broad SMARTS) is 1. The van der Waals surface area contributed by atoms with E-state index in [1.807, 2.05) is 32.0 Å². The molecule has 36 heavy (non-hydrogen) atoms. The Balaban J connectivity index is 1.38. The first-order chi connectivity index (χ1) is 17.3. The molecular weight excluding hydrogens is 456 g/mol. The molecule has 188 valence electrons. The van der Waals surface area contributed by atoms with Gasteiger partial charge in [0.05, 0.1) is 29.7 Å². The van der Waals surface area contributed by atoms with Gasteiger partial charge in [0.25, 0.3) is 0 Å². The molecule has 1 aliphatic rings. The van der Waals surface area contributed by atoms with E-state index < -0.39 is 5.97 Å². The summed E-state index contributed by atoms with van der Waals surface area (Å²) in [7, 11) is 0. The molecule has 8 nitrogen and oxygen atoms in total. The van der Waals surface area contributed by atoms with E-state index >= 15 is 0 Å². The number of carbonyl (C=O) groups is 1. The van der Waals surface area contributed by atoms with Crippen molar-refractivity contribution in [3.8, 4) is 17.1 Å². The van der Waals surface area contributed by atoms with Gasteiger partial charge in [0.1, 0.15) is 6.61 Å². The average Bonchev–Trinajstić information content (AvgIpc) is 3.34. The minimum absolute atomic E-state index is 0.101. The molecule has 1 saturated heterocycles. The summed E-state index contributed by atoms with van der Waals surface area (Å²) in [5.74, 6) is -1.06. The number of aromatic nitrogens is 2. The maximum atomic E-state index is 11.3. The summed E-state index contributed by atoms with van der Waals surface area (Å²) in [6, 6.07) is 12.3. The Bertz CT molecular complexity index is 1260. The summed E-state index contributed by atoms with van der Waals surface area (Å²) in [5, 5.41) is 22.9. The summed E-state index contributed by atoms with van der Waals surface area (Å²) in [4.78, 5) is 27.3. The summed E-state index contributed by atoms with van der Waals surface area (Å²) < 4.78 is 0. The lowest BCUT2D eigenvalue weighted by Gasteiger charge is -2.18. The van der Waals surface area contributed by atoms with E-state index in [1.54, 1.807) is 6.20 Å². The Morgan fingerprint density at radius 2 is 2.00 bits per heavy atom.